The molecule has 1 heterocycles. The zero-order chi connectivity index (χ0) is 13.7. The Labute approximate surface area is 116 Å². The molecule has 1 aliphatic carbocycles. The van der Waals surface area contributed by atoms with Gasteiger partial charge in [0.15, 0.2) is 5.96 Å². The molecule has 2 fully saturated rings. The minimum atomic E-state index is -0.526. The van der Waals surface area contributed by atoms with Crippen molar-refractivity contribution in [2.75, 3.05) is 40.4 Å². The first-order chi connectivity index (χ1) is 9.17. The van der Waals surface area contributed by atoms with Crippen LogP contribution in [0.2, 0.25) is 0 Å². The zero-order valence-electron chi connectivity index (χ0n) is 12.2. The van der Waals surface area contributed by atoms with Crippen LogP contribution < -0.4 is 5.32 Å². The van der Waals surface area contributed by atoms with Crippen molar-refractivity contribution in [2.24, 2.45) is 10.9 Å². The van der Waals surface area contributed by atoms with E-state index in [4.69, 9.17) is 4.74 Å². The Morgan fingerprint density at radius 3 is 2.84 bits per heavy atom. The van der Waals surface area contributed by atoms with Gasteiger partial charge in [-0.3, -0.25) is 4.99 Å². The van der Waals surface area contributed by atoms with Crippen LogP contribution >= 0.6 is 0 Å². The van der Waals surface area contributed by atoms with Crippen molar-refractivity contribution in [3.05, 3.63) is 0 Å². The lowest BCUT2D eigenvalue weighted by Gasteiger charge is -2.27. The van der Waals surface area contributed by atoms with Crippen molar-refractivity contribution in [3.8, 4) is 0 Å². The van der Waals surface area contributed by atoms with Crippen LogP contribution in [-0.2, 0) is 4.74 Å². The van der Waals surface area contributed by atoms with Gasteiger partial charge in [0.1, 0.15) is 0 Å². The van der Waals surface area contributed by atoms with E-state index in [1.807, 2.05) is 7.05 Å². The number of likely N-dealkylation sites (tertiary alicyclic amines) is 1. The predicted molar refractivity (Wildman–Crippen MR) is 76.3 cm³/mol. The van der Waals surface area contributed by atoms with Crippen LogP contribution in [0.4, 0.5) is 0 Å². The van der Waals surface area contributed by atoms with Gasteiger partial charge in [-0.25, -0.2) is 0 Å². The molecule has 2 N–H and O–H groups in total. The lowest BCUT2D eigenvalue weighted by molar-refractivity contribution is 0.0516. The van der Waals surface area contributed by atoms with Gasteiger partial charge < -0.3 is 20.1 Å². The molecule has 2 aliphatic rings. The van der Waals surface area contributed by atoms with Crippen molar-refractivity contribution < 1.29 is 9.84 Å². The van der Waals surface area contributed by atoms with Crippen LogP contribution in [0.15, 0.2) is 4.99 Å². The molecule has 1 aliphatic heterocycles. The van der Waals surface area contributed by atoms with E-state index in [1.165, 1.54) is 0 Å². The average Bonchev–Trinajstić information content (AvgIpc) is 3.01. The van der Waals surface area contributed by atoms with E-state index in [1.54, 1.807) is 7.11 Å². The molecule has 1 atom stereocenters. The highest BCUT2D eigenvalue weighted by Gasteiger charge is 2.32. The van der Waals surface area contributed by atoms with E-state index in [9.17, 15) is 5.11 Å². The van der Waals surface area contributed by atoms with E-state index in [0.29, 0.717) is 12.5 Å². The van der Waals surface area contributed by atoms with Crippen LogP contribution in [0.3, 0.4) is 0 Å². The van der Waals surface area contributed by atoms with E-state index < -0.39 is 5.60 Å². The highest BCUT2D eigenvalue weighted by molar-refractivity contribution is 5.80. The quantitative estimate of drug-likeness (QED) is 0.586. The second-order valence-corrected chi connectivity index (χ2v) is 5.89. The number of hydrogen-bond donors (Lipinski definition) is 2. The lowest BCUT2D eigenvalue weighted by Crippen LogP contribution is -2.47. The van der Waals surface area contributed by atoms with Gasteiger partial charge in [0.25, 0.3) is 0 Å². The molecule has 0 aromatic carbocycles. The normalized spacial score (nSPS) is 27.0. The van der Waals surface area contributed by atoms with Crippen molar-refractivity contribution in [2.45, 2.75) is 37.7 Å². The highest BCUT2D eigenvalue weighted by atomic mass is 16.5. The fourth-order valence-electron chi connectivity index (χ4n) is 3.18. The fourth-order valence-corrected chi connectivity index (χ4v) is 3.18. The minimum Gasteiger partial charge on any atom is -0.388 e. The van der Waals surface area contributed by atoms with Gasteiger partial charge in [0, 0.05) is 39.7 Å². The third-order valence-corrected chi connectivity index (χ3v) is 4.31. The van der Waals surface area contributed by atoms with Crippen LogP contribution in [0, 0.1) is 5.92 Å². The molecular formula is C14H27N3O2. The number of nitrogens with one attached hydrogen (secondary N) is 1. The molecule has 5 heteroatoms. The summed E-state index contributed by atoms with van der Waals surface area (Å²) < 4.78 is 5.22. The van der Waals surface area contributed by atoms with Gasteiger partial charge in [-0.2, -0.15) is 0 Å². The molecule has 1 unspecified atom stereocenters. The second kappa shape index (κ2) is 6.57. The molecule has 110 valence electrons. The van der Waals surface area contributed by atoms with E-state index in [-0.39, 0.29) is 0 Å². The number of hydrogen-bond acceptors (Lipinski definition) is 3. The van der Waals surface area contributed by atoms with E-state index in [2.05, 4.69) is 15.2 Å². The first-order valence-electron chi connectivity index (χ1n) is 7.34. The Balaban J connectivity index is 1.81. The number of nitrogens with zero attached hydrogens (tertiary/aromatic N) is 2. The summed E-state index contributed by atoms with van der Waals surface area (Å²) in [7, 11) is 3.57. The topological polar surface area (TPSA) is 57.1 Å². The van der Waals surface area contributed by atoms with Crippen LogP contribution in [-0.4, -0.2) is 62.0 Å². The van der Waals surface area contributed by atoms with Crippen LogP contribution in [0.5, 0.6) is 0 Å². The van der Waals surface area contributed by atoms with Gasteiger partial charge in [-0.15, -0.1) is 0 Å². The molecule has 5 nitrogen and oxygen atoms in total. The zero-order valence-corrected chi connectivity index (χ0v) is 12.2. The van der Waals surface area contributed by atoms with Gasteiger partial charge in [-0.05, 0) is 19.3 Å². The molecule has 0 bridgehead atoms. The third-order valence-electron chi connectivity index (χ3n) is 4.31. The van der Waals surface area contributed by atoms with Crippen molar-refractivity contribution in [1.82, 2.24) is 10.2 Å². The summed E-state index contributed by atoms with van der Waals surface area (Å²) >= 11 is 0. The Bertz CT molecular complexity index is 314. The number of ether oxygens (including phenoxy) is 1. The molecule has 0 amide bonds. The summed E-state index contributed by atoms with van der Waals surface area (Å²) in [6, 6.07) is 0. The Kier molecular flexibility index (Phi) is 5.05. The molecule has 0 aromatic rings. The van der Waals surface area contributed by atoms with Gasteiger partial charge in [0.2, 0.25) is 0 Å². The Morgan fingerprint density at radius 1 is 1.47 bits per heavy atom. The van der Waals surface area contributed by atoms with Crippen molar-refractivity contribution in [1.29, 1.82) is 0 Å². The van der Waals surface area contributed by atoms with Crippen molar-refractivity contribution in [3.63, 3.8) is 0 Å². The van der Waals surface area contributed by atoms with Crippen LogP contribution in [0.1, 0.15) is 32.1 Å². The average molecular weight is 269 g/mol. The number of aliphatic hydroxyl groups is 1. The first-order valence-corrected chi connectivity index (χ1v) is 7.34. The monoisotopic (exact) mass is 269 g/mol. The number of rotatable bonds is 4. The molecule has 1 saturated heterocycles. The maximum absolute atomic E-state index is 10.4. The largest absolute Gasteiger partial charge is 0.388 e. The molecule has 0 spiro atoms. The summed E-state index contributed by atoms with van der Waals surface area (Å²) in [5.74, 6) is 1.51. The summed E-state index contributed by atoms with van der Waals surface area (Å²) in [6.45, 7) is 3.45. The highest BCUT2D eigenvalue weighted by Crippen LogP contribution is 2.28. The molecule has 1 saturated carbocycles. The number of methoxy groups -OCH3 is 1. The lowest BCUT2D eigenvalue weighted by atomic mass is 10.0. The summed E-state index contributed by atoms with van der Waals surface area (Å²) in [5, 5.41) is 13.7. The molecule has 0 radical (unpaired) electrons. The van der Waals surface area contributed by atoms with Gasteiger partial charge >= 0.3 is 0 Å². The first kappa shape index (κ1) is 14.6. The summed E-state index contributed by atoms with van der Waals surface area (Å²) in [5.41, 5.74) is -0.526. The minimum absolute atomic E-state index is 0.526. The van der Waals surface area contributed by atoms with Crippen LogP contribution in [0.25, 0.3) is 0 Å². The van der Waals surface area contributed by atoms with Gasteiger partial charge in [-0.1, -0.05) is 12.8 Å². The molecule has 19 heavy (non-hydrogen) atoms. The van der Waals surface area contributed by atoms with E-state index in [0.717, 1.165) is 57.8 Å². The number of guanidine groups is 1. The standard InChI is InChI=1S/C14H27N3O2/c1-15-13(16-11-14(18)6-3-4-7-14)17-8-5-12(9-17)10-19-2/h12,18H,3-11H2,1-2H3,(H,15,16). The van der Waals surface area contributed by atoms with Gasteiger partial charge in [0.05, 0.1) is 12.2 Å². The maximum atomic E-state index is 10.4. The maximum Gasteiger partial charge on any atom is 0.193 e. The molecular weight excluding hydrogens is 242 g/mol. The van der Waals surface area contributed by atoms with E-state index >= 15 is 0 Å². The smallest absolute Gasteiger partial charge is 0.193 e. The fraction of sp³-hybridized carbons (Fsp3) is 0.929. The SMILES string of the molecule is CN=C(NCC1(O)CCCC1)N1CCC(COC)C1. The second-order valence-electron chi connectivity index (χ2n) is 5.89. The predicted octanol–water partition coefficient (Wildman–Crippen LogP) is 0.835. The Morgan fingerprint density at radius 2 is 2.21 bits per heavy atom. The third kappa shape index (κ3) is 3.83. The summed E-state index contributed by atoms with van der Waals surface area (Å²) in [4.78, 5) is 6.60. The van der Waals surface area contributed by atoms with Crippen molar-refractivity contribution >= 4 is 5.96 Å². The Hall–Kier alpha value is -0.810. The number of aliphatic imine (C=N–C) groups is 1. The summed E-state index contributed by atoms with van der Waals surface area (Å²) in [6.07, 6.45) is 5.23. The molecule has 0 aromatic heterocycles. The molecule has 2 rings (SSSR count).